The van der Waals surface area contributed by atoms with Gasteiger partial charge in [0.05, 0.1) is 27.0 Å². The molecule has 0 spiro atoms. The van der Waals surface area contributed by atoms with Gasteiger partial charge in [0.2, 0.25) is 5.83 Å². The number of carboxylic acids is 1. The summed E-state index contributed by atoms with van der Waals surface area (Å²) in [6.07, 6.45) is 2.37. The van der Waals surface area contributed by atoms with Crippen molar-refractivity contribution in [1.29, 1.82) is 0 Å². The highest BCUT2D eigenvalue weighted by atomic mass is 19.1. The first-order chi connectivity index (χ1) is 14.4. The molecule has 0 fully saturated rings. The Balaban J connectivity index is 1.96. The molecule has 6 nitrogen and oxygen atoms in total. The van der Waals surface area contributed by atoms with Crippen molar-refractivity contribution in [2.75, 3.05) is 19.5 Å². The Bertz CT molecular complexity index is 1080. The zero-order valence-corrected chi connectivity index (χ0v) is 16.2. The largest absolute Gasteiger partial charge is 0.496 e. The second-order valence-corrected chi connectivity index (χ2v) is 6.22. The third-order valence-corrected chi connectivity index (χ3v) is 4.34. The van der Waals surface area contributed by atoms with E-state index in [0.717, 1.165) is 6.08 Å². The van der Waals surface area contributed by atoms with Crippen molar-refractivity contribution in [3.63, 3.8) is 0 Å². The molecule has 0 saturated heterocycles. The third-order valence-electron chi connectivity index (χ3n) is 4.34. The lowest BCUT2D eigenvalue weighted by Crippen LogP contribution is -2.00. The van der Waals surface area contributed by atoms with Crippen LogP contribution in [0.2, 0.25) is 0 Å². The molecule has 2 aromatic carbocycles. The molecule has 30 heavy (non-hydrogen) atoms. The number of carbonyl (C=O) groups is 1. The van der Waals surface area contributed by atoms with E-state index in [1.807, 2.05) is 0 Å². The summed E-state index contributed by atoms with van der Waals surface area (Å²) in [7, 11) is 2.73. The summed E-state index contributed by atoms with van der Waals surface area (Å²) in [5.41, 5.74) is 1.32. The predicted molar refractivity (Wildman–Crippen MR) is 108 cm³/mol. The topological polar surface area (TPSA) is 80.9 Å². The van der Waals surface area contributed by atoms with Gasteiger partial charge < -0.3 is 24.3 Å². The Morgan fingerprint density at radius 1 is 1.13 bits per heavy atom. The average molecular weight is 415 g/mol. The molecule has 156 valence electrons. The minimum atomic E-state index is -1.70. The van der Waals surface area contributed by atoms with Gasteiger partial charge in [-0.05, 0) is 48.5 Å². The number of anilines is 1. The van der Waals surface area contributed by atoms with Crippen molar-refractivity contribution >= 4 is 17.7 Å². The van der Waals surface area contributed by atoms with Crippen LogP contribution < -0.4 is 14.8 Å². The number of halogens is 2. The van der Waals surface area contributed by atoms with Crippen LogP contribution in [0, 0.1) is 5.82 Å². The maximum absolute atomic E-state index is 14.9. The summed E-state index contributed by atoms with van der Waals surface area (Å²) in [4.78, 5) is 10.8. The SMILES string of the molecule is COc1cc(-c2ccc(NCc3ccco3)cc2F)c(OC)cc1C=C(F)C(=O)O. The fourth-order valence-electron chi connectivity index (χ4n) is 2.89. The van der Waals surface area contributed by atoms with Crippen LogP contribution in [0.3, 0.4) is 0 Å². The van der Waals surface area contributed by atoms with Gasteiger partial charge in [-0.1, -0.05) is 0 Å². The molecule has 0 saturated carbocycles. The monoisotopic (exact) mass is 415 g/mol. The number of ether oxygens (including phenoxy) is 2. The van der Waals surface area contributed by atoms with Crippen LogP contribution in [-0.4, -0.2) is 25.3 Å². The number of aliphatic carboxylic acids is 1. The number of hydrogen-bond donors (Lipinski definition) is 2. The highest BCUT2D eigenvalue weighted by Gasteiger charge is 2.17. The number of methoxy groups -OCH3 is 2. The molecule has 0 bridgehead atoms. The Kier molecular flexibility index (Phi) is 6.36. The van der Waals surface area contributed by atoms with Gasteiger partial charge in [-0.3, -0.25) is 0 Å². The lowest BCUT2D eigenvalue weighted by atomic mass is 10.00. The first-order valence-corrected chi connectivity index (χ1v) is 8.85. The van der Waals surface area contributed by atoms with E-state index < -0.39 is 17.6 Å². The van der Waals surface area contributed by atoms with Crippen LogP contribution in [-0.2, 0) is 11.3 Å². The maximum atomic E-state index is 14.9. The van der Waals surface area contributed by atoms with Gasteiger partial charge in [0.25, 0.3) is 0 Å². The first kappa shape index (κ1) is 20.9. The van der Waals surface area contributed by atoms with Gasteiger partial charge in [0, 0.05) is 22.4 Å². The average Bonchev–Trinajstić information content (AvgIpc) is 3.25. The van der Waals surface area contributed by atoms with E-state index in [-0.39, 0.29) is 22.6 Å². The van der Waals surface area contributed by atoms with E-state index in [0.29, 0.717) is 23.6 Å². The molecule has 2 N–H and O–H groups in total. The van der Waals surface area contributed by atoms with Crippen molar-refractivity contribution in [2.24, 2.45) is 0 Å². The zero-order chi connectivity index (χ0) is 21.7. The number of nitrogens with one attached hydrogen (secondary N) is 1. The van der Waals surface area contributed by atoms with Crippen LogP contribution >= 0.6 is 0 Å². The fourth-order valence-corrected chi connectivity index (χ4v) is 2.89. The molecule has 0 atom stereocenters. The predicted octanol–water partition coefficient (Wildman–Crippen LogP) is 5.11. The molecule has 1 aromatic heterocycles. The van der Waals surface area contributed by atoms with E-state index in [2.05, 4.69) is 5.32 Å². The molecule has 3 aromatic rings. The summed E-state index contributed by atoms with van der Waals surface area (Å²) < 4.78 is 44.2. The summed E-state index contributed by atoms with van der Waals surface area (Å²) in [6, 6.07) is 11.0. The van der Waals surface area contributed by atoms with E-state index in [4.69, 9.17) is 19.0 Å². The van der Waals surface area contributed by atoms with Crippen LogP contribution in [0.25, 0.3) is 17.2 Å². The second kappa shape index (κ2) is 9.13. The molecule has 1 heterocycles. The summed E-state index contributed by atoms with van der Waals surface area (Å²) in [5, 5.41) is 11.8. The number of hydrogen-bond acceptors (Lipinski definition) is 5. The number of rotatable bonds is 8. The normalized spacial score (nSPS) is 11.3. The molecular weight excluding hydrogens is 396 g/mol. The highest BCUT2D eigenvalue weighted by Crippen LogP contribution is 2.39. The molecule has 0 aliphatic carbocycles. The summed E-state index contributed by atoms with van der Waals surface area (Å²) in [6.45, 7) is 0.402. The van der Waals surface area contributed by atoms with Gasteiger partial charge >= 0.3 is 5.97 Å². The standard InChI is InChI=1S/C22H19F2NO5/c1-28-20-11-17(21(29-2)9-13(20)8-19(24)22(26)27)16-6-5-14(10-18(16)23)25-12-15-4-3-7-30-15/h3-11,25H,12H2,1-2H3,(H,26,27). The molecular formula is C22H19F2NO5. The van der Waals surface area contributed by atoms with E-state index >= 15 is 0 Å². The van der Waals surface area contributed by atoms with Crippen molar-refractivity contribution in [1.82, 2.24) is 0 Å². The Hall–Kier alpha value is -3.81. The molecule has 0 radical (unpaired) electrons. The van der Waals surface area contributed by atoms with Gasteiger partial charge in [-0.15, -0.1) is 0 Å². The van der Waals surface area contributed by atoms with E-state index in [9.17, 15) is 13.6 Å². The van der Waals surface area contributed by atoms with Gasteiger partial charge in [0.1, 0.15) is 23.1 Å². The minimum Gasteiger partial charge on any atom is -0.496 e. The number of furan rings is 1. The molecule has 3 rings (SSSR count). The van der Waals surface area contributed by atoms with Gasteiger partial charge in [0.15, 0.2) is 0 Å². The van der Waals surface area contributed by atoms with Crippen molar-refractivity contribution in [2.45, 2.75) is 6.54 Å². The molecule has 0 amide bonds. The Labute approximate surface area is 171 Å². The zero-order valence-electron chi connectivity index (χ0n) is 16.2. The van der Waals surface area contributed by atoms with Crippen LogP contribution in [0.5, 0.6) is 11.5 Å². The van der Waals surface area contributed by atoms with Gasteiger partial charge in [-0.25, -0.2) is 9.18 Å². The molecule has 0 aliphatic heterocycles. The molecule has 8 heteroatoms. The van der Waals surface area contributed by atoms with Crippen molar-refractivity contribution in [3.05, 3.63) is 71.7 Å². The van der Waals surface area contributed by atoms with E-state index in [1.165, 1.54) is 32.4 Å². The van der Waals surface area contributed by atoms with E-state index in [1.54, 1.807) is 30.5 Å². The van der Waals surface area contributed by atoms with Crippen LogP contribution in [0.1, 0.15) is 11.3 Å². The summed E-state index contributed by atoms with van der Waals surface area (Å²) in [5.74, 6) is -2.47. The van der Waals surface area contributed by atoms with Crippen molar-refractivity contribution < 1.29 is 32.6 Å². The maximum Gasteiger partial charge on any atom is 0.364 e. The van der Waals surface area contributed by atoms with Crippen molar-refractivity contribution in [3.8, 4) is 22.6 Å². The second-order valence-electron chi connectivity index (χ2n) is 6.22. The minimum absolute atomic E-state index is 0.148. The van der Waals surface area contributed by atoms with Crippen LogP contribution in [0.15, 0.2) is 59.0 Å². The summed E-state index contributed by atoms with van der Waals surface area (Å²) >= 11 is 0. The fraction of sp³-hybridized carbons (Fsp3) is 0.136. The third kappa shape index (κ3) is 4.60. The highest BCUT2D eigenvalue weighted by molar-refractivity contribution is 5.90. The lowest BCUT2D eigenvalue weighted by molar-refractivity contribution is -0.134. The quantitative estimate of drug-likeness (QED) is 0.498. The van der Waals surface area contributed by atoms with Gasteiger partial charge in [-0.2, -0.15) is 4.39 Å². The van der Waals surface area contributed by atoms with Crippen LogP contribution in [0.4, 0.5) is 14.5 Å². The smallest absolute Gasteiger partial charge is 0.364 e. The molecule has 0 unspecified atom stereocenters. The molecule has 0 aliphatic rings. The lowest BCUT2D eigenvalue weighted by Gasteiger charge is -2.15. The first-order valence-electron chi connectivity index (χ1n) is 8.85. The number of carboxylic acid groups (broad SMARTS) is 1. The number of benzene rings is 2. The Morgan fingerprint density at radius 3 is 2.50 bits per heavy atom. The Morgan fingerprint density at radius 2 is 1.90 bits per heavy atom.